The van der Waals surface area contributed by atoms with Gasteiger partial charge in [-0.25, -0.2) is 0 Å². The van der Waals surface area contributed by atoms with Crippen LogP contribution in [0.5, 0.6) is 0 Å². The van der Waals surface area contributed by atoms with E-state index in [4.69, 9.17) is 9.84 Å². The SMILES string of the molecule is O=[N+]([O-])c1ncn([C@H]2O[C@@H](CO)[C@@H](O)[C@H]2O)c1S. The smallest absolute Gasteiger partial charge is 0.394 e. The Balaban J connectivity index is 2.30. The molecule has 10 heteroatoms. The molecule has 18 heavy (non-hydrogen) atoms. The van der Waals surface area contributed by atoms with Crippen LogP contribution in [-0.2, 0) is 4.74 Å². The highest BCUT2D eigenvalue weighted by atomic mass is 32.1. The van der Waals surface area contributed by atoms with Gasteiger partial charge in [0.2, 0.25) is 6.33 Å². The van der Waals surface area contributed by atoms with E-state index in [9.17, 15) is 20.3 Å². The van der Waals surface area contributed by atoms with Gasteiger partial charge in [-0.2, -0.15) is 0 Å². The van der Waals surface area contributed by atoms with Crippen molar-refractivity contribution in [2.24, 2.45) is 0 Å². The van der Waals surface area contributed by atoms with Crippen molar-refractivity contribution in [3.05, 3.63) is 16.4 Å². The summed E-state index contributed by atoms with van der Waals surface area (Å²) < 4.78 is 6.33. The largest absolute Gasteiger partial charge is 0.395 e. The monoisotopic (exact) mass is 277 g/mol. The van der Waals surface area contributed by atoms with Gasteiger partial charge in [-0.15, -0.1) is 12.6 Å². The molecule has 1 aliphatic heterocycles. The van der Waals surface area contributed by atoms with Gasteiger partial charge >= 0.3 is 5.82 Å². The number of aliphatic hydroxyl groups is 3. The van der Waals surface area contributed by atoms with E-state index in [0.717, 1.165) is 10.9 Å². The van der Waals surface area contributed by atoms with Crippen LogP contribution in [0.1, 0.15) is 6.23 Å². The second kappa shape index (κ2) is 4.82. The predicted octanol–water partition coefficient (Wildman–Crippen LogP) is -1.31. The van der Waals surface area contributed by atoms with Crippen molar-refractivity contribution in [3.8, 4) is 0 Å². The summed E-state index contributed by atoms with van der Waals surface area (Å²) in [7, 11) is 0. The minimum atomic E-state index is -1.33. The van der Waals surface area contributed by atoms with Crippen LogP contribution in [0.2, 0.25) is 0 Å². The minimum Gasteiger partial charge on any atom is -0.394 e. The van der Waals surface area contributed by atoms with Gasteiger partial charge in [0, 0.05) is 0 Å². The average Bonchev–Trinajstić information content (AvgIpc) is 2.82. The zero-order valence-electron chi connectivity index (χ0n) is 8.95. The van der Waals surface area contributed by atoms with Crippen LogP contribution < -0.4 is 0 Å². The van der Waals surface area contributed by atoms with Gasteiger partial charge in [-0.3, -0.25) is 4.57 Å². The average molecular weight is 277 g/mol. The standard InChI is InChI=1S/C8H11N3O6S/c12-1-3-4(13)5(14)7(17-3)10-2-9-6(8(10)18)11(15)16/h2-5,7,12-14,18H,1H2/t3-,4+,5+,7-/m0/s1. The number of aromatic nitrogens is 2. The number of nitrogens with zero attached hydrogens (tertiary/aromatic N) is 3. The Morgan fingerprint density at radius 3 is 2.67 bits per heavy atom. The van der Waals surface area contributed by atoms with Crippen molar-refractivity contribution < 1.29 is 25.0 Å². The highest BCUT2D eigenvalue weighted by molar-refractivity contribution is 7.80. The molecule has 1 saturated heterocycles. The van der Waals surface area contributed by atoms with Crippen LogP contribution in [0.15, 0.2) is 11.4 Å². The third kappa shape index (κ3) is 1.97. The summed E-state index contributed by atoms with van der Waals surface area (Å²) in [6.45, 7) is -0.479. The molecule has 0 unspecified atom stereocenters. The number of hydrogen-bond donors (Lipinski definition) is 4. The Kier molecular flexibility index (Phi) is 3.54. The Morgan fingerprint density at radius 2 is 2.22 bits per heavy atom. The van der Waals surface area contributed by atoms with Gasteiger partial charge < -0.3 is 30.2 Å². The van der Waals surface area contributed by atoms with Crippen molar-refractivity contribution in [3.63, 3.8) is 0 Å². The molecule has 2 heterocycles. The first kappa shape index (κ1) is 13.2. The number of imidazole rings is 1. The van der Waals surface area contributed by atoms with Crippen LogP contribution >= 0.6 is 12.6 Å². The maximum absolute atomic E-state index is 10.6. The summed E-state index contributed by atoms with van der Waals surface area (Å²) in [4.78, 5) is 13.4. The third-order valence-electron chi connectivity index (χ3n) is 2.71. The number of hydrogen-bond acceptors (Lipinski definition) is 8. The summed E-state index contributed by atoms with van der Waals surface area (Å²) in [6, 6.07) is 0. The molecule has 3 N–H and O–H groups in total. The molecule has 1 aromatic heterocycles. The Bertz CT molecular complexity index is 466. The lowest BCUT2D eigenvalue weighted by Crippen LogP contribution is -2.33. The fourth-order valence-corrected chi connectivity index (χ4v) is 2.07. The first-order chi connectivity index (χ1) is 8.47. The van der Waals surface area contributed by atoms with Gasteiger partial charge in [-0.05, 0) is 9.91 Å². The van der Waals surface area contributed by atoms with Crippen molar-refractivity contribution in [2.75, 3.05) is 6.61 Å². The maximum atomic E-state index is 10.6. The minimum absolute atomic E-state index is 0.102. The Morgan fingerprint density at radius 1 is 1.56 bits per heavy atom. The molecule has 0 bridgehead atoms. The second-order valence-corrected chi connectivity index (χ2v) is 4.21. The lowest BCUT2D eigenvalue weighted by Gasteiger charge is -2.15. The number of ether oxygens (including phenoxy) is 1. The zero-order valence-corrected chi connectivity index (χ0v) is 9.84. The summed E-state index contributed by atoms with van der Waals surface area (Å²) in [5.74, 6) is -0.476. The predicted molar refractivity (Wildman–Crippen MR) is 59.1 cm³/mol. The van der Waals surface area contributed by atoms with Gasteiger partial charge in [-0.1, -0.05) is 0 Å². The molecule has 0 aromatic carbocycles. The highest BCUT2D eigenvalue weighted by Crippen LogP contribution is 2.33. The van der Waals surface area contributed by atoms with E-state index in [0.29, 0.717) is 0 Å². The van der Waals surface area contributed by atoms with Crippen LogP contribution in [0.25, 0.3) is 0 Å². The quantitative estimate of drug-likeness (QED) is 0.306. The van der Waals surface area contributed by atoms with Gasteiger partial charge in [0.1, 0.15) is 18.3 Å². The van der Waals surface area contributed by atoms with Gasteiger partial charge in [0.05, 0.1) is 6.61 Å². The third-order valence-corrected chi connectivity index (χ3v) is 3.14. The molecule has 4 atom stereocenters. The normalized spacial score (nSPS) is 31.8. The van der Waals surface area contributed by atoms with E-state index in [-0.39, 0.29) is 5.03 Å². The fourth-order valence-electron chi connectivity index (χ4n) is 1.77. The molecule has 1 aromatic rings. The number of aliphatic hydroxyl groups excluding tert-OH is 3. The van der Waals surface area contributed by atoms with Crippen LogP contribution in [0.4, 0.5) is 5.82 Å². The van der Waals surface area contributed by atoms with E-state index >= 15 is 0 Å². The maximum Gasteiger partial charge on any atom is 0.395 e. The summed E-state index contributed by atoms with van der Waals surface area (Å²) >= 11 is 3.93. The molecular formula is C8H11N3O6S. The van der Waals surface area contributed by atoms with E-state index in [2.05, 4.69) is 17.6 Å². The van der Waals surface area contributed by atoms with Crippen LogP contribution in [0.3, 0.4) is 0 Å². The molecule has 1 aliphatic rings. The van der Waals surface area contributed by atoms with Crippen molar-refractivity contribution >= 4 is 18.4 Å². The number of nitro groups is 1. The molecule has 0 saturated carbocycles. The van der Waals surface area contributed by atoms with Gasteiger partial charge in [0.25, 0.3) is 0 Å². The highest BCUT2D eigenvalue weighted by Gasteiger charge is 2.44. The fraction of sp³-hybridized carbons (Fsp3) is 0.625. The van der Waals surface area contributed by atoms with E-state index < -0.39 is 41.9 Å². The lowest BCUT2D eigenvalue weighted by molar-refractivity contribution is -0.392. The Labute approximate surface area is 106 Å². The van der Waals surface area contributed by atoms with Crippen molar-refractivity contribution in [2.45, 2.75) is 29.6 Å². The lowest BCUT2D eigenvalue weighted by atomic mass is 10.1. The zero-order chi connectivity index (χ0) is 13.4. The summed E-state index contributed by atoms with van der Waals surface area (Å²) in [5.41, 5.74) is 0. The van der Waals surface area contributed by atoms with Crippen LogP contribution in [-0.4, -0.2) is 54.7 Å². The molecule has 0 aliphatic carbocycles. The Hall–Kier alpha value is -1.20. The molecule has 9 nitrogen and oxygen atoms in total. The van der Waals surface area contributed by atoms with Gasteiger partial charge in [0.15, 0.2) is 11.3 Å². The van der Waals surface area contributed by atoms with Crippen molar-refractivity contribution in [1.29, 1.82) is 0 Å². The molecule has 0 amide bonds. The summed E-state index contributed by atoms with van der Waals surface area (Å²) in [5, 5.41) is 38.8. The molecule has 1 fully saturated rings. The molecule has 0 radical (unpaired) electrons. The van der Waals surface area contributed by atoms with E-state index in [1.165, 1.54) is 0 Å². The first-order valence-electron chi connectivity index (χ1n) is 5.00. The van der Waals surface area contributed by atoms with E-state index in [1.54, 1.807) is 0 Å². The molecule has 100 valence electrons. The number of thiol groups is 1. The summed E-state index contributed by atoms with van der Waals surface area (Å²) in [6.07, 6.45) is -3.57. The van der Waals surface area contributed by atoms with Crippen LogP contribution in [0, 0.1) is 10.1 Å². The topological polar surface area (TPSA) is 131 Å². The molecule has 0 spiro atoms. The molecule has 2 rings (SSSR count). The first-order valence-corrected chi connectivity index (χ1v) is 5.44. The molecular weight excluding hydrogens is 266 g/mol. The number of rotatable bonds is 3. The van der Waals surface area contributed by atoms with E-state index in [1.807, 2.05) is 0 Å². The van der Waals surface area contributed by atoms with Crippen molar-refractivity contribution in [1.82, 2.24) is 9.55 Å². The second-order valence-electron chi connectivity index (χ2n) is 3.79.